The van der Waals surface area contributed by atoms with Crippen LogP contribution in [0.15, 0.2) is 4.99 Å². The molecule has 2 aliphatic rings. The van der Waals surface area contributed by atoms with Gasteiger partial charge < -0.3 is 20.3 Å². The Hall–Kier alpha value is -0.580. The molecule has 19 heavy (non-hydrogen) atoms. The Balaban J connectivity index is 2.17. The van der Waals surface area contributed by atoms with Crippen molar-refractivity contribution < 1.29 is 32.5 Å². The van der Waals surface area contributed by atoms with Crippen LogP contribution >= 0.6 is 11.8 Å². The van der Waals surface area contributed by atoms with Gasteiger partial charge in [-0.3, -0.25) is 4.99 Å². The van der Waals surface area contributed by atoms with Crippen LogP contribution in [0.5, 0.6) is 0 Å². The highest BCUT2D eigenvalue weighted by Crippen LogP contribution is 2.38. The van der Waals surface area contributed by atoms with Crippen LogP contribution in [0.2, 0.25) is 0 Å². The fourth-order valence-electron chi connectivity index (χ4n) is 1.96. The summed E-state index contributed by atoms with van der Waals surface area (Å²) in [4.78, 5) is 3.75. The Labute approximate surface area is 110 Å². The van der Waals surface area contributed by atoms with Crippen LogP contribution in [0.1, 0.15) is 0 Å². The lowest BCUT2D eigenvalue weighted by Gasteiger charge is -2.39. The van der Waals surface area contributed by atoms with Gasteiger partial charge in [-0.1, -0.05) is 11.8 Å². The molecule has 0 aliphatic carbocycles. The number of nitrogens with one attached hydrogen (secondary N) is 1. The minimum atomic E-state index is -4.99. The number of ether oxygens (including phenoxy) is 1. The van der Waals surface area contributed by atoms with E-state index in [0.717, 1.165) is 11.8 Å². The van der Waals surface area contributed by atoms with Gasteiger partial charge in [0.05, 0.1) is 6.04 Å². The number of halogens is 4. The standard InChI is InChI=1S/C9H12F4N2O3S/c1-14-8-15-3-2(10)4(16)5(18-7(3)19-8)6(17)9(11,12)13/h2-7,16-17H,1H3,(H,14,15)/t2-,3+,4-,5?,6+,7+/m0/s1. The summed E-state index contributed by atoms with van der Waals surface area (Å²) in [6.07, 6.45) is -14.0. The molecule has 2 rings (SSSR count). The summed E-state index contributed by atoms with van der Waals surface area (Å²) in [5, 5.41) is 21.6. The van der Waals surface area contributed by atoms with E-state index in [4.69, 9.17) is 9.84 Å². The van der Waals surface area contributed by atoms with Crippen molar-refractivity contribution in [3.63, 3.8) is 0 Å². The number of aliphatic imine (C=N–C) groups is 1. The molecule has 0 radical (unpaired) electrons. The van der Waals surface area contributed by atoms with E-state index in [2.05, 4.69) is 10.3 Å². The zero-order valence-corrected chi connectivity index (χ0v) is 10.5. The average Bonchev–Trinajstić information content (AvgIpc) is 2.75. The van der Waals surface area contributed by atoms with Crippen molar-refractivity contribution in [3.8, 4) is 0 Å². The third-order valence-corrected chi connectivity index (χ3v) is 4.12. The molecule has 10 heteroatoms. The molecular weight excluding hydrogens is 292 g/mol. The topological polar surface area (TPSA) is 74.1 Å². The SMILES string of the molecule is CN=C1N[C@@H]2[C@H](F)[C@H](O)C([C@@H](O)C(F)(F)F)O[C@@H]2S1. The van der Waals surface area contributed by atoms with Gasteiger partial charge in [0.2, 0.25) is 0 Å². The van der Waals surface area contributed by atoms with Crippen molar-refractivity contribution in [3.05, 3.63) is 0 Å². The van der Waals surface area contributed by atoms with Crippen molar-refractivity contribution in [2.75, 3.05) is 7.05 Å². The summed E-state index contributed by atoms with van der Waals surface area (Å²) in [6.45, 7) is 0. The number of nitrogens with zero attached hydrogens (tertiary/aromatic N) is 1. The summed E-state index contributed by atoms with van der Waals surface area (Å²) in [6, 6.07) is -0.990. The van der Waals surface area contributed by atoms with Crippen LogP contribution in [0.4, 0.5) is 17.6 Å². The lowest BCUT2D eigenvalue weighted by molar-refractivity contribution is -0.267. The van der Waals surface area contributed by atoms with Gasteiger partial charge in [0.15, 0.2) is 17.4 Å². The molecule has 2 saturated heterocycles. The zero-order chi connectivity index (χ0) is 14.4. The first-order valence-electron chi connectivity index (χ1n) is 5.38. The second-order valence-electron chi connectivity index (χ2n) is 4.21. The van der Waals surface area contributed by atoms with E-state index in [1.165, 1.54) is 7.05 Å². The van der Waals surface area contributed by atoms with E-state index in [9.17, 15) is 22.7 Å². The fourth-order valence-corrected chi connectivity index (χ4v) is 3.04. The number of rotatable bonds is 1. The predicted molar refractivity (Wildman–Crippen MR) is 59.5 cm³/mol. The van der Waals surface area contributed by atoms with Crippen LogP contribution in [-0.2, 0) is 4.74 Å². The Morgan fingerprint density at radius 1 is 1.47 bits per heavy atom. The summed E-state index contributed by atoms with van der Waals surface area (Å²) in [5.41, 5.74) is -0.973. The van der Waals surface area contributed by atoms with Crippen molar-refractivity contribution in [2.24, 2.45) is 4.99 Å². The van der Waals surface area contributed by atoms with Crippen LogP contribution in [0.3, 0.4) is 0 Å². The molecule has 0 aromatic carbocycles. The van der Waals surface area contributed by atoms with Crippen LogP contribution in [0, 0.1) is 0 Å². The minimum Gasteiger partial charge on any atom is -0.387 e. The highest BCUT2D eigenvalue weighted by atomic mass is 32.2. The zero-order valence-electron chi connectivity index (χ0n) is 9.63. The average molecular weight is 304 g/mol. The Morgan fingerprint density at radius 3 is 2.63 bits per heavy atom. The molecule has 110 valence electrons. The first kappa shape index (κ1) is 14.8. The normalized spacial score (nSPS) is 42.9. The predicted octanol–water partition coefficient (Wildman–Crippen LogP) is 0.0243. The highest BCUT2D eigenvalue weighted by Gasteiger charge is 2.56. The molecule has 0 spiro atoms. The lowest BCUT2D eigenvalue weighted by Crippen LogP contribution is -2.62. The smallest absolute Gasteiger partial charge is 0.387 e. The maximum atomic E-state index is 13.9. The minimum absolute atomic E-state index is 0.312. The third kappa shape index (κ3) is 2.67. The van der Waals surface area contributed by atoms with E-state index < -0.39 is 42.1 Å². The number of fused-ring (bicyclic) bond motifs is 1. The van der Waals surface area contributed by atoms with Crippen molar-refractivity contribution in [2.45, 2.75) is 42.1 Å². The van der Waals surface area contributed by atoms with Crippen LogP contribution in [0.25, 0.3) is 0 Å². The molecule has 0 amide bonds. The van der Waals surface area contributed by atoms with E-state index in [1.807, 2.05) is 0 Å². The van der Waals surface area contributed by atoms with E-state index in [-0.39, 0.29) is 0 Å². The molecule has 0 saturated carbocycles. The number of aliphatic hydroxyl groups is 2. The molecule has 0 bridgehead atoms. The molecule has 2 heterocycles. The number of hydrogen-bond donors (Lipinski definition) is 3. The first-order chi connectivity index (χ1) is 8.75. The van der Waals surface area contributed by atoms with Crippen molar-refractivity contribution >= 4 is 16.9 Å². The van der Waals surface area contributed by atoms with Crippen LogP contribution < -0.4 is 5.32 Å². The lowest BCUT2D eigenvalue weighted by atomic mass is 9.95. The Morgan fingerprint density at radius 2 is 2.11 bits per heavy atom. The largest absolute Gasteiger partial charge is 0.417 e. The van der Waals surface area contributed by atoms with Gasteiger partial charge in [-0.05, 0) is 0 Å². The number of aliphatic hydroxyl groups excluding tert-OH is 2. The quantitative estimate of drug-likeness (QED) is 0.596. The fraction of sp³-hybridized carbons (Fsp3) is 0.889. The van der Waals surface area contributed by atoms with Crippen LogP contribution in [-0.4, -0.2) is 64.6 Å². The second-order valence-corrected chi connectivity index (χ2v) is 5.29. The summed E-state index contributed by atoms with van der Waals surface area (Å²) < 4.78 is 56.1. The summed E-state index contributed by atoms with van der Waals surface area (Å²) in [7, 11) is 1.43. The molecule has 0 aromatic heterocycles. The molecule has 2 fully saturated rings. The Kier molecular flexibility index (Phi) is 3.96. The van der Waals surface area contributed by atoms with Gasteiger partial charge >= 0.3 is 6.18 Å². The maximum absolute atomic E-state index is 13.9. The number of amidine groups is 1. The van der Waals surface area contributed by atoms with Crippen molar-refractivity contribution in [1.29, 1.82) is 0 Å². The molecule has 2 aliphatic heterocycles. The maximum Gasteiger partial charge on any atom is 0.417 e. The van der Waals surface area contributed by atoms with Gasteiger partial charge in [0.25, 0.3) is 0 Å². The summed E-state index contributed by atoms with van der Waals surface area (Å²) in [5.74, 6) is 0. The first-order valence-corrected chi connectivity index (χ1v) is 6.26. The third-order valence-electron chi connectivity index (χ3n) is 2.96. The van der Waals surface area contributed by atoms with Gasteiger partial charge in [-0.15, -0.1) is 0 Å². The summed E-state index contributed by atoms with van der Waals surface area (Å²) >= 11 is 0.919. The van der Waals surface area contributed by atoms with Gasteiger partial charge in [-0.25, -0.2) is 4.39 Å². The van der Waals surface area contributed by atoms with E-state index >= 15 is 0 Å². The number of alkyl halides is 4. The molecule has 1 unspecified atom stereocenters. The molecule has 0 aromatic rings. The van der Waals surface area contributed by atoms with Crippen molar-refractivity contribution in [1.82, 2.24) is 5.32 Å². The molecular formula is C9H12F4N2O3S. The number of thioether (sulfide) groups is 1. The highest BCUT2D eigenvalue weighted by molar-refractivity contribution is 8.14. The molecule has 6 atom stereocenters. The molecule has 3 N–H and O–H groups in total. The van der Waals surface area contributed by atoms with E-state index in [0.29, 0.717) is 5.17 Å². The van der Waals surface area contributed by atoms with Gasteiger partial charge in [0, 0.05) is 7.05 Å². The second kappa shape index (κ2) is 5.08. The van der Waals surface area contributed by atoms with E-state index in [1.54, 1.807) is 0 Å². The van der Waals surface area contributed by atoms with Gasteiger partial charge in [-0.2, -0.15) is 13.2 Å². The monoisotopic (exact) mass is 304 g/mol. The van der Waals surface area contributed by atoms with Gasteiger partial charge in [0.1, 0.15) is 17.6 Å². The Bertz CT molecular complexity index is 381. The number of hydrogen-bond acceptors (Lipinski definition) is 5. The molecule has 5 nitrogen and oxygen atoms in total.